The van der Waals surface area contributed by atoms with Gasteiger partial charge in [0.1, 0.15) is 5.52 Å². The van der Waals surface area contributed by atoms with E-state index in [1.165, 1.54) is 11.8 Å². The van der Waals surface area contributed by atoms with Crippen LogP contribution in [0.4, 0.5) is 0 Å². The average Bonchev–Trinajstić information content (AvgIpc) is 2.57. The van der Waals surface area contributed by atoms with Gasteiger partial charge in [0.25, 0.3) is 5.22 Å². The molecule has 0 amide bonds. The van der Waals surface area contributed by atoms with E-state index in [-0.39, 0.29) is 6.10 Å². The predicted molar refractivity (Wildman–Crippen MR) is 56.4 cm³/mol. The second kappa shape index (κ2) is 4.02. The van der Waals surface area contributed by atoms with Gasteiger partial charge in [-0.3, -0.25) is 0 Å². The zero-order valence-corrected chi connectivity index (χ0v) is 8.62. The van der Waals surface area contributed by atoms with Crippen molar-refractivity contribution in [2.24, 2.45) is 0 Å². The molecule has 0 bridgehead atoms. The Morgan fingerprint density at radius 3 is 3.00 bits per heavy atom. The van der Waals surface area contributed by atoms with Crippen molar-refractivity contribution in [1.82, 2.24) is 4.98 Å². The molecule has 14 heavy (non-hydrogen) atoms. The maximum atomic E-state index is 9.10. The van der Waals surface area contributed by atoms with Gasteiger partial charge in [-0.25, -0.2) is 4.98 Å². The SMILES string of the molecule is C[C@@H](O)CSc1nc2ccccc2o1. The number of aliphatic hydroxyl groups excluding tert-OH is 1. The number of benzene rings is 1. The normalized spacial score (nSPS) is 13.3. The van der Waals surface area contributed by atoms with Gasteiger partial charge in [0.2, 0.25) is 0 Å². The first-order valence-electron chi connectivity index (χ1n) is 4.42. The third kappa shape index (κ3) is 2.08. The highest BCUT2D eigenvalue weighted by Gasteiger charge is 2.06. The number of thioether (sulfide) groups is 1. The summed E-state index contributed by atoms with van der Waals surface area (Å²) in [7, 11) is 0. The Hall–Kier alpha value is -1.00. The monoisotopic (exact) mass is 209 g/mol. The van der Waals surface area contributed by atoms with Gasteiger partial charge in [-0.2, -0.15) is 0 Å². The Morgan fingerprint density at radius 2 is 2.29 bits per heavy atom. The molecule has 1 aromatic carbocycles. The Labute approximate surface area is 86.1 Å². The first kappa shape index (κ1) is 9.55. The van der Waals surface area contributed by atoms with Gasteiger partial charge in [-0.1, -0.05) is 23.9 Å². The topological polar surface area (TPSA) is 46.3 Å². The summed E-state index contributed by atoms with van der Waals surface area (Å²) in [4.78, 5) is 4.27. The maximum absolute atomic E-state index is 9.10. The van der Waals surface area contributed by atoms with Gasteiger partial charge in [-0.15, -0.1) is 0 Å². The quantitative estimate of drug-likeness (QED) is 0.788. The summed E-state index contributed by atoms with van der Waals surface area (Å²) < 4.78 is 5.46. The fourth-order valence-corrected chi connectivity index (χ4v) is 1.80. The summed E-state index contributed by atoms with van der Waals surface area (Å²) in [6.45, 7) is 1.75. The van der Waals surface area contributed by atoms with E-state index in [0.717, 1.165) is 11.1 Å². The molecule has 0 spiro atoms. The van der Waals surface area contributed by atoms with E-state index in [2.05, 4.69) is 4.98 Å². The van der Waals surface area contributed by atoms with Gasteiger partial charge in [0.05, 0.1) is 6.10 Å². The number of nitrogens with zero attached hydrogens (tertiary/aromatic N) is 1. The number of aromatic nitrogens is 1. The third-order valence-corrected chi connectivity index (χ3v) is 2.79. The number of aliphatic hydroxyl groups is 1. The minimum atomic E-state index is -0.338. The zero-order chi connectivity index (χ0) is 9.97. The van der Waals surface area contributed by atoms with E-state index >= 15 is 0 Å². The summed E-state index contributed by atoms with van der Waals surface area (Å²) in [6.07, 6.45) is -0.338. The molecular formula is C10H11NO2S. The van der Waals surface area contributed by atoms with Gasteiger partial charge in [0, 0.05) is 5.75 Å². The van der Waals surface area contributed by atoms with Crippen LogP contribution in [-0.2, 0) is 0 Å². The highest BCUT2D eigenvalue weighted by Crippen LogP contribution is 2.23. The van der Waals surface area contributed by atoms with Crippen LogP contribution in [0, 0.1) is 0 Å². The molecule has 1 N–H and O–H groups in total. The molecule has 2 rings (SSSR count). The average molecular weight is 209 g/mol. The van der Waals surface area contributed by atoms with E-state index in [9.17, 15) is 0 Å². The third-order valence-electron chi connectivity index (χ3n) is 1.72. The van der Waals surface area contributed by atoms with Crippen molar-refractivity contribution >= 4 is 22.9 Å². The Kier molecular flexibility index (Phi) is 2.74. The van der Waals surface area contributed by atoms with Gasteiger partial charge >= 0.3 is 0 Å². The van der Waals surface area contributed by atoms with Crippen LogP contribution >= 0.6 is 11.8 Å². The second-order valence-electron chi connectivity index (χ2n) is 3.11. The largest absolute Gasteiger partial charge is 0.431 e. The highest BCUT2D eigenvalue weighted by molar-refractivity contribution is 7.99. The number of hydrogen-bond donors (Lipinski definition) is 1. The summed E-state index contributed by atoms with van der Waals surface area (Å²) in [6, 6.07) is 7.63. The van der Waals surface area contributed by atoms with Crippen LogP contribution in [0.25, 0.3) is 11.1 Å². The van der Waals surface area contributed by atoms with Crippen molar-refractivity contribution < 1.29 is 9.52 Å². The summed E-state index contributed by atoms with van der Waals surface area (Å²) >= 11 is 1.43. The van der Waals surface area contributed by atoms with Crippen molar-refractivity contribution in [3.8, 4) is 0 Å². The maximum Gasteiger partial charge on any atom is 0.256 e. The fourth-order valence-electron chi connectivity index (χ4n) is 1.10. The molecule has 0 fully saturated rings. The van der Waals surface area contributed by atoms with E-state index in [1.807, 2.05) is 24.3 Å². The molecule has 0 saturated heterocycles. The van der Waals surface area contributed by atoms with Crippen LogP contribution in [0.1, 0.15) is 6.92 Å². The molecule has 3 nitrogen and oxygen atoms in total. The van der Waals surface area contributed by atoms with Crippen LogP contribution in [0.2, 0.25) is 0 Å². The van der Waals surface area contributed by atoms with Crippen LogP contribution in [0.15, 0.2) is 33.9 Å². The standard InChI is InChI=1S/C10H11NO2S/c1-7(12)6-14-10-11-8-4-2-3-5-9(8)13-10/h2-5,7,12H,6H2,1H3/t7-/m1/s1. The lowest BCUT2D eigenvalue weighted by Gasteiger charge is -1.98. The van der Waals surface area contributed by atoms with Crippen molar-refractivity contribution in [2.75, 3.05) is 5.75 Å². The summed E-state index contributed by atoms with van der Waals surface area (Å²) in [5.74, 6) is 0.604. The molecule has 0 saturated carbocycles. The summed E-state index contributed by atoms with van der Waals surface area (Å²) in [5, 5.41) is 9.72. The van der Waals surface area contributed by atoms with Crippen molar-refractivity contribution in [3.05, 3.63) is 24.3 Å². The molecule has 1 aromatic heterocycles. The number of oxazole rings is 1. The van der Waals surface area contributed by atoms with Crippen LogP contribution in [0.3, 0.4) is 0 Å². The van der Waals surface area contributed by atoms with Gasteiger partial charge in [0.15, 0.2) is 5.58 Å². The fraction of sp³-hybridized carbons (Fsp3) is 0.300. The number of para-hydroxylation sites is 2. The molecule has 2 aromatic rings. The van der Waals surface area contributed by atoms with Crippen LogP contribution in [0.5, 0.6) is 0 Å². The highest BCUT2D eigenvalue weighted by atomic mass is 32.2. The van der Waals surface area contributed by atoms with Crippen molar-refractivity contribution in [3.63, 3.8) is 0 Å². The molecule has 0 radical (unpaired) electrons. The van der Waals surface area contributed by atoms with E-state index in [4.69, 9.17) is 9.52 Å². The van der Waals surface area contributed by atoms with E-state index < -0.39 is 0 Å². The smallest absolute Gasteiger partial charge is 0.256 e. The number of fused-ring (bicyclic) bond motifs is 1. The Bertz CT molecular complexity index is 392. The lowest BCUT2D eigenvalue weighted by atomic mass is 10.3. The molecule has 0 aliphatic carbocycles. The lowest BCUT2D eigenvalue weighted by molar-refractivity contribution is 0.220. The Morgan fingerprint density at radius 1 is 1.50 bits per heavy atom. The number of rotatable bonds is 3. The van der Waals surface area contributed by atoms with Crippen molar-refractivity contribution in [1.29, 1.82) is 0 Å². The van der Waals surface area contributed by atoms with Crippen molar-refractivity contribution in [2.45, 2.75) is 18.3 Å². The molecule has 4 heteroatoms. The van der Waals surface area contributed by atoms with E-state index in [1.54, 1.807) is 6.92 Å². The molecule has 0 aliphatic rings. The molecule has 0 aliphatic heterocycles. The molecule has 1 atom stereocenters. The summed E-state index contributed by atoms with van der Waals surface area (Å²) in [5.41, 5.74) is 1.65. The van der Waals surface area contributed by atoms with Gasteiger partial charge < -0.3 is 9.52 Å². The molecule has 1 heterocycles. The first-order valence-corrected chi connectivity index (χ1v) is 5.41. The second-order valence-corrected chi connectivity index (χ2v) is 4.08. The molecule has 0 unspecified atom stereocenters. The van der Waals surface area contributed by atoms with E-state index in [0.29, 0.717) is 11.0 Å². The van der Waals surface area contributed by atoms with Crippen LogP contribution < -0.4 is 0 Å². The molecular weight excluding hydrogens is 198 g/mol. The minimum absolute atomic E-state index is 0.338. The minimum Gasteiger partial charge on any atom is -0.431 e. The van der Waals surface area contributed by atoms with Crippen LogP contribution in [-0.4, -0.2) is 21.9 Å². The first-order chi connectivity index (χ1) is 6.75. The number of hydrogen-bond acceptors (Lipinski definition) is 4. The predicted octanol–water partition coefficient (Wildman–Crippen LogP) is 2.30. The Balaban J connectivity index is 2.19. The zero-order valence-electron chi connectivity index (χ0n) is 7.80. The lowest BCUT2D eigenvalue weighted by Crippen LogP contribution is -2.02. The van der Waals surface area contributed by atoms with Gasteiger partial charge in [-0.05, 0) is 19.1 Å². The molecule has 74 valence electrons.